The monoisotopic (exact) mass is 439 g/mol. The second kappa shape index (κ2) is 7.40. The molecule has 2 amide bonds. The molecule has 0 spiro atoms. The molecule has 3 atom stereocenters. The van der Waals surface area contributed by atoms with Crippen LogP contribution in [0.15, 0.2) is 73.1 Å². The highest BCUT2D eigenvalue weighted by atomic mass is 35.5. The van der Waals surface area contributed by atoms with E-state index in [4.69, 9.17) is 28.0 Å². The first kappa shape index (κ1) is 19.1. The van der Waals surface area contributed by atoms with E-state index in [0.717, 1.165) is 16.2 Å². The van der Waals surface area contributed by atoms with Crippen molar-refractivity contribution in [2.75, 3.05) is 9.96 Å². The number of para-hydroxylation sites is 1. The molecule has 8 heteroatoms. The van der Waals surface area contributed by atoms with Crippen LogP contribution in [0, 0.1) is 5.92 Å². The summed E-state index contributed by atoms with van der Waals surface area (Å²) in [5.74, 6) is -1.49. The molecule has 0 bridgehead atoms. The average Bonchev–Trinajstić information content (AvgIpc) is 3.28. The van der Waals surface area contributed by atoms with Crippen molar-refractivity contribution in [3.63, 3.8) is 0 Å². The minimum absolute atomic E-state index is 0.268. The molecule has 0 radical (unpaired) electrons. The predicted molar refractivity (Wildman–Crippen MR) is 113 cm³/mol. The van der Waals surface area contributed by atoms with Crippen LogP contribution < -0.4 is 9.96 Å². The Morgan fingerprint density at radius 1 is 0.833 bits per heavy atom. The lowest BCUT2D eigenvalue weighted by Gasteiger charge is -2.28. The second-order valence-electron chi connectivity index (χ2n) is 7.05. The third kappa shape index (κ3) is 2.96. The van der Waals surface area contributed by atoms with Crippen LogP contribution in [0.25, 0.3) is 0 Å². The molecule has 5 rings (SSSR count). The summed E-state index contributed by atoms with van der Waals surface area (Å²) < 4.78 is 0. The van der Waals surface area contributed by atoms with Gasteiger partial charge in [0.25, 0.3) is 5.91 Å². The fourth-order valence-electron chi connectivity index (χ4n) is 3.99. The van der Waals surface area contributed by atoms with Gasteiger partial charge in [0.15, 0.2) is 6.10 Å². The zero-order valence-corrected chi connectivity index (χ0v) is 17.0. The van der Waals surface area contributed by atoms with Crippen molar-refractivity contribution in [1.29, 1.82) is 0 Å². The molecule has 150 valence electrons. The number of benzene rings is 2. The lowest BCUT2D eigenvalue weighted by Crippen LogP contribution is -2.37. The van der Waals surface area contributed by atoms with E-state index in [2.05, 4.69) is 4.98 Å². The number of amides is 2. The highest BCUT2D eigenvalue weighted by Crippen LogP contribution is 2.47. The number of hydroxylamine groups is 1. The van der Waals surface area contributed by atoms with Gasteiger partial charge in [-0.05, 0) is 48.0 Å². The lowest BCUT2D eigenvalue weighted by atomic mass is 9.91. The highest BCUT2D eigenvalue weighted by Gasteiger charge is 2.60. The van der Waals surface area contributed by atoms with Crippen LogP contribution in [-0.2, 0) is 14.4 Å². The van der Waals surface area contributed by atoms with Crippen molar-refractivity contribution in [3.05, 3.63) is 88.7 Å². The molecule has 0 unspecified atom stereocenters. The maximum atomic E-state index is 13.5. The number of carbonyl (C=O) groups excluding carboxylic acids is 2. The van der Waals surface area contributed by atoms with Crippen molar-refractivity contribution in [1.82, 2.24) is 4.98 Å². The summed E-state index contributed by atoms with van der Waals surface area (Å²) >= 11 is 12.1. The van der Waals surface area contributed by atoms with E-state index in [1.807, 2.05) is 42.5 Å². The van der Waals surface area contributed by atoms with Gasteiger partial charge in [-0.15, -0.1) is 0 Å². The van der Waals surface area contributed by atoms with Crippen LogP contribution in [0.2, 0.25) is 10.0 Å². The number of nitrogens with zero attached hydrogens (tertiary/aromatic N) is 3. The van der Waals surface area contributed by atoms with Gasteiger partial charge < -0.3 is 0 Å². The SMILES string of the molecule is O=C1[C@H]2[C@H](ON(c3ccccc3)[C@@H]2c2ccncc2)C(=O)N1c1ccc(Cl)c(Cl)c1. The standard InChI is InChI=1S/C22H15Cl2N3O3/c23-16-7-6-15(12-17(16)24)26-21(28)18-19(13-8-10-25-11-9-13)27(30-20(18)22(26)29)14-4-2-1-3-5-14/h1-12,18-20H/t18-,19-,20+/m1/s1. The Morgan fingerprint density at radius 3 is 2.27 bits per heavy atom. The number of halogens is 2. The predicted octanol–water partition coefficient (Wildman–Crippen LogP) is 4.44. The van der Waals surface area contributed by atoms with Gasteiger partial charge >= 0.3 is 0 Å². The normalized spacial score (nSPS) is 23.2. The van der Waals surface area contributed by atoms with E-state index in [9.17, 15) is 9.59 Å². The molecule has 2 aromatic carbocycles. The minimum atomic E-state index is -0.940. The number of fused-ring (bicyclic) bond motifs is 1. The van der Waals surface area contributed by atoms with Crippen molar-refractivity contribution >= 4 is 46.4 Å². The second-order valence-corrected chi connectivity index (χ2v) is 7.86. The summed E-state index contributed by atoms with van der Waals surface area (Å²) in [5.41, 5.74) is 1.96. The van der Waals surface area contributed by atoms with E-state index in [1.54, 1.807) is 29.6 Å². The van der Waals surface area contributed by atoms with Crippen LogP contribution in [0.1, 0.15) is 11.6 Å². The van der Waals surface area contributed by atoms with Gasteiger partial charge in [-0.3, -0.25) is 19.4 Å². The fourth-order valence-corrected chi connectivity index (χ4v) is 4.28. The maximum Gasteiger partial charge on any atom is 0.266 e. The third-order valence-corrected chi connectivity index (χ3v) is 6.07. The van der Waals surface area contributed by atoms with Gasteiger partial charge in [0.2, 0.25) is 5.91 Å². The van der Waals surface area contributed by atoms with Crippen LogP contribution in [0.5, 0.6) is 0 Å². The van der Waals surface area contributed by atoms with Crippen molar-refractivity contribution < 1.29 is 14.4 Å². The Labute approximate surface area is 182 Å². The summed E-state index contributed by atoms with van der Waals surface area (Å²) in [6.45, 7) is 0. The quantitative estimate of drug-likeness (QED) is 0.564. The van der Waals surface area contributed by atoms with Gasteiger partial charge in [-0.1, -0.05) is 41.4 Å². The Hall–Kier alpha value is -2.93. The molecule has 30 heavy (non-hydrogen) atoms. The zero-order chi connectivity index (χ0) is 20.8. The molecule has 0 N–H and O–H groups in total. The fraction of sp³-hybridized carbons (Fsp3) is 0.136. The van der Waals surface area contributed by atoms with Crippen molar-refractivity contribution in [2.24, 2.45) is 5.92 Å². The summed E-state index contributed by atoms with van der Waals surface area (Å²) in [6, 6.07) is 17.2. The number of carbonyl (C=O) groups is 2. The topological polar surface area (TPSA) is 62.7 Å². The first-order chi connectivity index (χ1) is 14.6. The molecule has 3 aromatic rings. The lowest BCUT2D eigenvalue weighted by molar-refractivity contribution is -0.126. The van der Waals surface area contributed by atoms with E-state index >= 15 is 0 Å². The maximum absolute atomic E-state index is 13.5. The van der Waals surface area contributed by atoms with E-state index in [0.29, 0.717) is 10.7 Å². The van der Waals surface area contributed by atoms with Crippen LogP contribution in [0.4, 0.5) is 11.4 Å². The van der Waals surface area contributed by atoms with Gasteiger partial charge in [0.05, 0.1) is 27.5 Å². The summed E-state index contributed by atoms with van der Waals surface area (Å²) in [5, 5.41) is 2.26. The van der Waals surface area contributed by atoms with Crippen LogP contribution >= 0.6 is 23.2 Å². The summed E-state index contributed by atoms with van der Waals surface area (Å²) in [6.07, 6.45) is 2.37. The molecule has 2 aliphatic heterocycles. The Morgan fingerprint density at radius 2 is 1.57 bits per heavy atom. The number of anilines is 2. The number of hydrogen-bond donors (Lipinski definition) is 0. The minimum Gasteiger partial charge on any atom is -0.273 e. The molecule has 3 heterocycles. The van der Waals surface area contributed by atoms with Gasteiger partial charge in [0.1, 0.15) is 5.92 Å². The Bertz CT molecular complexity index is 1130. The smallest absolute Gasteiger partial charge is 0.266 e. The summed E-state index contributed by atoms with van der Waals surface area (Å²) in [4.78, 5) is 37.9. The third-order valence-electron chi connectivity index (χ3n) is 5.34. The van der Waals surface area contributed by atoms with E-state index in [-0.39, 0.29) is 10.9 Å². The van der Waals surface area contributed by atoms with E-state index < -0.39 is 24.0 Å². The largest absolute Gasteiger partial charge is 0.273 e. The Balaban J connectivity index is 1.58. The van der Waals surface area contributed by atoms with Gasteiger partial charge in [-0.2, -0.15) is 0 Å². The zero-order valence-electron chi connectivity index (χ0n) is 15.5. The van der Waals surface area contributed by atoms with Crippen molar-refractivity contribution in [3.8, 4) is 0 Å². The summed E-state index contributed by atoms with van der Waals surface area (Å²) in [7, 11) is 0. The molecule has 6 nitrogen and oxygen atoms in total. The molecule has 2 saturated heterocycles. The molecular formula is C22H15Cl2N3O3. The molecule has 0 saturated carbocycles. The molecular weight excluding hydrogens is 425 g/mol. The molecule has 2 fully saturated rings. The number of hydrogen-bond acceptors (Lipinski definition) is 5. The Kier molecular flexibility index (Phi) is 4.70. The first-order valence-corrected chi connectivity index (χ1v) is 10.1. The molecule has 0 aliphatic carbocycles. The van der Waals surface area contributed by atoms with Gasteiger partial charge in [0, 0.05) is 12.4 Å². The first-order valence-electron chi connectivity index (χ1n) is 9.30. The van der Waals surface area contributed by atoms with Gasteiger partial charge in [-0.25, -0.2) is 9.96 Å². The number of rotatable bonds is 3. The molecule has 1 aromatic heterocycles. The van der Waals surface area contributed by atoms with Crippen LogP contribution in [0.3, 0.4) is 0 Å². The van der Waals surface area contributed by atoms with Crippen LogP contribution in [-0.4, -0.2) is 22.9 Å². The number of pyridine rings is 1. The number of imide groups is 1. The van der Waals surface area contributed by atoms with Crippen molar-refractivity contribution in [2.45, 2.75) is 12.1 Å². The highest BCUT2D eigenvalue weighted by molar-refractivity contribution is 6.42. The number of aromatic nitrogens is 1. The molecule has 2 aliphatic rings. The average molecular weight is 440 g/mol. The van der Waals surface area contributed by atoms with E-state index in [1.165, 1.54) is 6.07 Å².